The summed E-state index contributed by atoms with van der Waals surface area (Å²) in [4.78, 5) is 23.8. The minimum Gasteiger partial charge on any atom is -0.480 e. The number of hydrogen-bond donors (Lipinski definition) is 1. The smallest absolute Gasteiger partial charge is 0.265 e. The Morgan fingerprint density at radius 2 is 1.87 bits per heavy atom. The topological polar surface area (TPSA) is 55.4 Å². The van der Waals surface area contributed by atoms with Crippen LogP contribution in [0.25, 0.3) is 0 Å². The van der Waals surface area contributed by atoms with Gasteiger partial charge in [-0.15, -0.1) is 0 Å². The first kappa shape index (κ1) is 15.3. The Hall–Kier alpha value is -2.62. The molecule has 1 aliphatic rings. The van der Waals surface area contributed by atoms with Crippen LogP contribution in [0.4, 0.5) is 5.69 Å². The van der Waals surface area contributed by atoms with Crippen molar-refractivity contribution in [2.45, 2.75) is 33.3 Å². The number of carbonyl (C=O) groups is 2. The zero-order valence-electron chi connectivity index (χ0n) is 13.5. The van der Waals surface area contributed by atoms with E-state index in [0.29, 0.717) is 17.7 Å². The number of ether oxygens (including phenoxy) is 1. The van der Waals surface area contributed by atoms with Gasteiger partial charge in [0.05, 0.1) is 0 Å². The molecule has 2 aromatic carbocycles. The fourth-order valence-corrected chi connectivity index (χ4v) is 2.70. The van der Waals surface area contributed by atoms with Gasteiger partial charge in [0, 0.05) is 17.7 Å². The Bertz CT molecular complexity index is 764. The summed E-state index contributed by atoms with van der Waals surface area (Å²) in [6.45, 7) is 5.58. The second-order valence-corrected chi connectivity index (χ2v) is 5.98. The molecule has 0 bridgehead atoms. The summed E-state index contributed by atoms with van der Waals surface area (Å²) in [5, 5.41) is 2.83. The molecule has 0 aromatic heterocycles. The molecule has 1 amide bonds. The monoisotopic (exact) mass is 309 g/mol. The summed E-state index contributed by atoms with van der Waals surface area (Å²) in [5.74, 6) is 0.555. The summed E-state index contributed by atoms with van der Waals surface area (Å²) < 4.78 is 5.78. The molecule has 0 fully saturated rings. The maximum atomic E-state index is 12.4. The van der Waals surface area contributed by atoms with E-state index in [1.807, 2.05) is 13.0 Å². The highest BCUT2D eigenvalue weighted by atomic mass is 16.5. The highest BCUT2D eigenvalue weighted by Gasteiger charge is 2.29. The molecule has 118 valence electrons. The first-order valence-corrected chi connectivity index (χ1v) is 7.62. The number of carbonyl (C=O) groups excluding carboxylic acids is 2. The SMILES string of the molecule is CC(=O)c1cccc(NC(=O)C2Cc3cc(C)c(C)cc3O2)c1. The molecule has 0 saturated carbocycles. The average Bonchev–Trinajstić information content (AvgIpc) is 2.91. The maximum Gasteiger partial charge on any atom is 0.265 e. The first-order valence-electron chi connectivity index (χ1n) is 7.62. The highest BCUT2D eigenvalue weighted by Crippen LogP contribution is 2.31. The molecule has 1 atom stereocenters. The minimum atomic E-state index is -0.535. The van der Waals surface area contributed by atoms with Crippen molar-refractivity contribution >= 4 is 17.4 Å². The summed E-state index contributed by atoms with van der Waals surface area (Å²) in [6, 6.07) is 11.0. The van der Waals surface area contributed by atoms with Gasteiger partial charge in [-0.25, -0.2) is 0 Å². The van der Waals surface area contributed by atoms with E-state index in [1.165, 1.54) is 12.5 Å². The van der Waals surface area contributed by atoms with Gasteiger partial charge in [0.15, 0.2) is 11.9 Å². The number of benzene rings is 2. The van der Waals surface area contributed by atoms with E-state index < -0.39 is 6.10 Å². The molecule has 1 N–H and O–H groups in total. The normalized spacial score (nSPS) is 15.7. The quantitative estimate of drug-likeness (QED) is 0.884. The Balaban J connectivity index is 1.73. The fourth-order valence-electron chi connectivity index (χ4n) is 2.70. The van der Waals surface area contributed by atoms with Crippen molar-refractivity contribution in [2.75, 3.05) is 5.32 Å². The molecular formula is C19H19NO3. The standard InChI is InChI=1S/C19H19NO3/c1-11-7-15-10-18(23-17(15)8-12(11)2)19(22)20-16-6-4-5-14(9-16)13(3)21/h4-9,18H,10H2,1-3H3,(H,20,22). The predicted octanol–water partition coefficient (Wildman–Crippen LogP) is 3.45. The van der Waals surface area contributed by atoms with Gasteiger partial charge in [-0.2, -0.15) is 0 Å². The number of anilines is 1. The van der Waals surface area contributed by atoms with Gasteiger partial charge in [-0.05, 0) is 55.7 Å². The third-order valence-corrected chi connectivity index (χ3v) is 4.18. The van der Waals surface area contributed by atoms with Crippen molar-refractivity contribution in [2.24, 2.45) is 0 Å². The van der Waals surface area contributed by atoms with Crippen molar-refractivity contribution < 1.29 is 14.3 Å². The second-order valence-electron chi connectivity index (χ2n) is 5.98. The lowest BCUT2D eigenvalue weighted by Gasteiger charge is -2.12. The van der Waals surface area contributed by atoms with Crippen molar-refractivity contribution in [3.8, 4) is 5.75 Å². The minimum absolute atomic E-state index is 0.0310. The van der Waals surface area contributed by atoms with Crippen LogP contribution in [0, 0.1) is 13.8 Å². The van der Waals surface area contributed by atoms with Gasteiger partial charge in [0.25, 0.3) is 5.91 Å². The number of nitrogens with one attached hydrogen (secondary N) is 1. The molecule has 0 spiro atoms. The van der Waals surface area contributed by atoms with Gasteiger partial charge in [-0.1, -0.05) is 18.2 Å². The van der Waals surface area contributed by atoms with E-state index >= 15 is 0 Å². The second kappa shape index (κ2) is 5.88. The van der Waals surface area contributed by atoms with E-state index in [2.05, 4.69) is 18.3 Å². The molecule has 4 heteroatoms. The van der Waals surface area contributed by atoms with E-state index in [1.54, 1.807) is 24.3 Å². The number of amides is 1. The van der Waals surface area contributed by atoms with Crippen LogP contribution in [0.3, 0.4) is 0 Å². The Morgan fingerprint density at radius 3 is 2.61 bits per heavy atom. The number of rotatable bonds is 3. The fraction of sp³-hybridized carbons (Fsp3) is 0.263. The third-order valence-electron chi connectivity index (χ3n) is 4.18. The first-order chi connectivity index (χ1) is 10.9. The Kier molecular flexibility index (Phi) is 3.90. The largest absolute Gasteiger partial charge is 0.480 e. The molecule has 0 radical (unpaired) electrons. The number of ketones is 1. The molecule has 0 saturated heterocycles. The zero-order chi connectivity index (χ0) is 16.6. The molecule has 23 heavy (non-hydrogen) atoms. The van der Waals surface area contributed by atoms with Gasteiger partial charge in [0.1, 0.15) is 5.75 Å². The van der Waals surface area contributed by atoms with Crippen molar-refractivity contribution in [1.82, 2.24) is 0 Å². The lowest BCUT2D eigenvalue weighted by molar-refractivity contribution is -0.122. The van der Waals surface area contributed by atoms with Crippen LogP contribution in [0.2, 0.25) is 0 Å². The summed E-state index contributed by atoms with van der Waals surface area (Å²) in [7, 11) is 0. The molecule has 1 aliphatic heterocycles. The van der Waals surface area contributed by atoms with Crippen LogP contribution in [-0.4, -0.2) is 17.8 Å². The lowest BCUT2D eigenvalue weighted by Crippen LogP contribution is -2.31. The molecular weight excluding hydrogens is 290 g/mol. The van der Waals surface area contributed by atoms with Crippen LogP contribution in [0.1, 0.15) is 34.0 Å². The van der Waals surface area contributed by atoms with E-state index in [-0.39, 0.29) is 11.7 Å². The van der Waals surface area contributed by atoms with Gasteiger partial charge in [-0.3, -0.25) is 9.59 Å². The molecule has 2 aromatic rings. The molecule has 0 aliphatic carbocycles. The average molecular weight is 309 g/mol. The number of Topliss-reactive ketones (excluding diaryl/α,β-unsaturated/α-hetero) is 1. The van der Waals surface area contributed by atoms with Crippen molar-refractivity contribution in [1.29, 1.82) is 0 Å². The lowest BCUT2D eigenvalue weighted by atomic mass is 10.0. The molecule has 1 unspecified atom stereocenters. The van der Waals surface area contributed by atoms with Crippen LogP contribution in [0.15, 0.2) is 36.4 Å². The Morgan fingerprint density at radius 1 is 1.13 bits per heavy atom. The van der Waals surface area contributed by atoms with Crippen molar-refractivity contribution in [3.05, 3.63) is 58.7 Å². The number of aryl methyl sites for hydroxylation is 2. The molecule has 1 heterocycles. The maximum absolute atomic E-state index is 12.4. The van der Waals surface area contributed by atoms with E-state index in [9.17, 15) is 9.59 Å². The summed E-state index contributed by atoms with van der Waals surface area (Å²) in [6.07, 6.45) is 0.0292. The predicted molar refractivity (Wildman–Crippen MR) is 89.1 cm³/mol. The molecule has 4 nitrogen and oxygen atoms in total. The highest BCUT2D eigenvalue weighted by molar-refractivity contribution is 5.98. The number of fused-ring (bicyclic) bond motifs is 1. The summed E-state index contributed by atoms with van der Waals surface area (Å²) in [5.41, 5.74) is 4.59. The summed E-state index contributed by atoms with van der Waals surface area (Å²) >= 11 is 0. The van der Waals surface area contributed by atoms with Crippen LogP contribution < -0.4 is 10.1 Å². The van der Waals surface area contributed by atoms with Crippen LogP contribution in [0.5, 0.6) is 5.75 Å². The van der Waals surface area contributed by atoms with E-state index in [0.717, 1.165) is 16.9 Å². The Labute approximate surface area is 135 Å². The van der Waals surface area contributed by atoms with Crippen molar-refractivity contribution in [3.63, 3.8) is 0 Å². The van der Waals surface area contributed by atoms with Gasteiger partial charge in [0.2, 0.25) is 0 Å². The van der Waals surface area contributed by atoms with Gasteiger partial charge >= 0.3 is 0 Å². The van der Waals surface area contributed by atoms with E-state index in [4.69, 9.17) is 4.74 Å². The third kappa shape index (κ3) is 3.11. The zero-order valence-corrected chi connectivity index (χ0v) is 13.5. The van der Waals surface area contributed by atoms with Crippen LogP contribution in [-0.2, 0) is 11.2 Å². The van der Waals surface area contributed by atoms with Gasteiger partial charge < -0.3 is 10.1 Å². The van der Waals surface area contributed by atoms with Crippen LogP contribution >= 0.6 is 0 Å². The number of hydrogen-bond acceptors (Lipinski definition) is 3. The molecule has 3 rings (SSSR count).